The van der Waals surface area contributed by atoms with Gasteiger partial charge < -0.3 is 19.9 Å². The summed E-state index contributed by atoms with van der Waals surface area (Å²) in [5.74, 6) is 0. The Kier molecular flexibility index (Phi) is 8.88. The number of nitrogens with zero attached hydrogens (tertiary/aromatic N) is 4. The monoisotopic (exact) mass is 391 g/mol. The van der Waals surface area contributed by atoms with Crippen molar-refractivity contribution in [2.24, 2.45) is 5.73 Å². The number of aromatic nitrogens is 3. The molecule has 1 fully saturated rings. The van der Waals surface area contributed by atoms with Gasteiger partial charge in [-0.05, 0) is 0 Å². The molecule has 150 valence electrons. The predicted molar refractivity (Wildman–Crippen MR) is 95.4 cm³/mol. The molecule has 0 aliphatic carbocycles. The fourth-order valence-corrected chi connectivity index (χ4v) is 3.42. The lowest BCUT2D eigenvalue weighted by molar-refractivity contribution is 0.0141. The predicted octanol–water partition coefficient (Wildman–Crippen LogP) is -1.48. The number of ether oxygens (including phenoxy) is 3. The quantitative estimate of drug-likeness (QED) is 0.378. The maximum absolute atomic E-state index is 11.4. The summed E-state index contributed by atoms with van der Waals surface area (Å²) in [5, 5.41) is 7.91. The van der Waals surface area contributed by atoms with E-state index in [4.69, 9.17) is 19.9 Å². The van der Waals surface area contributed by atoms with Gasteiger partial charge in [0.2, 0.25) is 0 Å². The third-order valence-corrected chi connectivity index (χ3v) is 5.48. The van der Waals surface area contributed by atoms with E-state index in [1.165, 1.54) is 6.26 Å². The molecule has 1 aromatic rings. The first kappa shape index (κ1) is 21.2. The molecule has 1 aliphatic heterocycles. The smallest absolute Gasteiger partial charge is 0.152 e. The highest BCUT2D eigenvalue weighted by Gasteiger charge is 2.34. The minimum atomic E-state index is -2.94. The van der Waals surface area contributed by atoms with E-state index in [1.54, 1.807) is 4.68 Å². The van der Waals surface area contributed by atoms with Crippen molar-refractivity contribution < 1.29 is 22.6 Å². The van der Waals surface area contributed by atoms with Gasteiger partial charge in [-0.3, -0.25) is 4.90 Å². The van der Waals surface area contributed by atoms with E-state index in [1.807, 2.05) is 11.1 Å². The van der Waals surface area contributed by atoms with E-state index in [-0.39, 0.29) is 5.25 Å². The number of likely N-dealkylation sites (tertiary alicyclic amines) is 1. The van der Waals surface area contributed by atoms with Crippen LogP contribution in [-0.4, -0.2) is 99.1 Å². The summed E-state index contributed by atoms with van der Waals surface area (Å²) in [7, 11) is -2.94. The molecule has 0 saturated carbocycles. The Balaban J connectivity index is 1.49. The first-order chi connectivity index (χ1) is 12.5. The lowest BCUT2D eigenvalue weighted by Gasteiger charge is -2.37. The summed E-state index contributed by atoms with van der Waals surface area (Å²) in [6.45, 7) is 6.05. The summed E-state index contributed by atoms with van der Waals surface area (Å²) in [6.07, 6.45) is 3.15. The fourth-order valence-electron chi connectivity index (χ4n) is 2.46. The molecule has 10 nitrogen and oxygen atoms in total. The summed E-state index contributed by atoms with van der Waals surface area (Å²) < 4.78 is 40.6. The normalized spacial score (nSPS) is 16.1. The number of sulfone groups is 1. The largest absolute Gasteiger partial charge is 0.378 e. The van der Waals surface area contributed by atoms with Crippen molar-refractivity contribution in [2.75, 3.05) is 65.5 Å². The Labute approximate surface area is 154 Å². The number of nitrogens with two attached hydrogens (primary N) is 1. The summed E-state index contributed by atoms with van der Waals surface area (Å²) in [4.78, 5) is 2.05. The first-order valence-electron chi connectivity index (χ1n) is 8.72. The topological polar surface area (TPSA) is 122 Å². The maximum Gasteiger partial charge on any atom is 0.152 e. The Morgan fingerprint density at radius 2 is 1.73 bits per heavy atom. The SMILES string of the molecule is CS(=O)(=O)C1CN(Cc2cn(CCOCCOCCOCCN)nn2)C1. The molecule has 1 aromatic heterocycles. The minimum Gasteiger partial charge on any atom is -0.378 e. The van der Waals surface area contributed by atoms with Crippen LogP contribution in [0.3, 0.4) is 0 Å². The van der Waals surface area contributed by atoms with Crippen LogP contribution in [0.4, 0.5) is 0 Å². The van der Waals surface area contributed by atoms with E-state index in [2.05, 4.69) is 10.3 Å². The zero-order valence-electron chi connectivity index (χ0n) is 15.2. The minimum absolute atomic E-state index is 0.250. The molecule has 0 radical (unpaired) electrons. The van der Waals surface area contributed by atoms with E-state index in [0.717, 1.165) is 5.69 Å². The van der Waals surface area contributed by atoms with Gasteiger partial charge >= 0.3 is 0 Å². The van der Waals surface area contributed by atoms with E-state index in [0.29, 0.717) is 72.4 Å². The van der Waals surface area contributed by atoms with Gasteiger partial charge in [-0.2, -0.15) is 0 Å². The molecule has 0 atom stereocenters. The van der Waals surface area contributed by atoms with Gasteiger partial charge in [0.05, 0.1) is 57.1 Å². The van der Waals surface area contributed by atoms with Crippen molar-refractivity contribution in [1.29, 1.82) is 0 Å². The molecule has 11 heteroatoms. The van der Waals surface area contributed by atoms with Gasteiger partial charge in [-0.15, -0.1) is 5.10 Å². The van der Waals surface area contributed by atoms with Crippen LogP contribution in [0.25, 0.3) is 0 Å². The molecule has 0 amide bonds. The highest BCUT2D eigenvalue weighted by Crippen LogP contribution is 2.17. The van der Waals surface area contributed by atoms with Gasteiger partial charge in [0.25, 0.3) is 0 Å². The van der Waals surface area contributed by atoms with E-state index < -0.39 is 9.84 Å². The maximum atomic E-state index is 11.4. The van der Waals surface area contributed by atoms with Crippen molar-refractivity contribution in [2.45, 2.75) is 18.3 Å². The summed E-state index contributed by atoms with van der Waals surface area (Å²) in [6, 6.07) is 0. The molecule has 2 heterocycles. The van der Waals surface area contributed by atoms with Crippen LogP contribution in [0.5, 0.6) is 0 Å². The van der Waals surface area contributed by atoms with Crippen molar-refractivity contribution in [3.05, 3.63) is 11.9 Å². The van der Waals surface area contributed by atoms with Crippen LogP contribution in [-0.2, 0) is 37.1 Å². The van der Waals surface area contributed by atoms with Crippen LogP contribution in [0, 0.1) is 0 Å². The standard InChI is InChI=1S/C15H29N5O5S/c1-26(21,22)15-12-19(13-15)10-14-11-20(18-17-14)3-5-24-7-9-25-8-6-23-4-2-16/h11,15H,2-10,12-13,16H2,1H3. The Morgan fingerprint density at radius 3 is 2.35 bits per heavy atom. The van der Waals surface area contributed by atoms with E-state index in [9.17, 15) is 8.42 Å². The molecular weight excluding hydrogens is 362 g/mol. The lowest BCUT2D eigenvalue weighted by Crippen LogP contribution is -2.53. The average Bonchev–Trinajstić information content (AvgIpc) is 2.99. The zero-order chi connectivity index (χ0) is 18.8. The fraction of sp³-hybridized carbons (Fsp3) is 0.867. The second kappa shape index (κ2) is 10.9. The van der Waals surface area contributed by atoms with Gasteiger partial charge in [-0.25, -0.2) is 13.1 Å². The molecule has 0 spiro atoms. The van der Waals surface area contributed by atoms with Crippen molar-refractivity contribution in [3.63, 3.8) is 0 Å². The first-order valence-corrected chi connectivity index (χ1v) is 10.7. The number of hydrogen-bond acceptors (Lipinski definition) is 9. The van der Waals surface area contributed by atoms with Crippen LogP contribution in [0.15, 0.2) is 6.20 Å². The Hall–Kier alpha value is -1.11. The van der Waals surface area contributed by atoms with Crippen LogP contribution >= 0.6 is 0 Å². The van der Waals surface area contributed by atoms with Crippen molar-refractivity contribution in [3.8, 4) is 0 Å². The molecule has 1 saturated heterocycles. The molecule has 0 unspecified atom stereocenters. The molecule has 26 heavy (non-hydrogen) atoms. The third-order valence-electron chi connectivity index (χ3n) is 3.97. The lowest BCUT2D eigenvalue weighted by atomic mass is 10.2. The Bertz CT molecular complexity index is 618. The van der Waals surface area contributed by atoms with E-state index >= 15 is 0 Å². The molecule has 2 rings (SSSR count). The van der Waals surface area contributed by atoms with Crippen molar-refractivity contribution >= 4 is 9.84 Å². The van der Waals surface area contributed by atoms with Crippen LogP contribution in [0.1, 0.15) is 5.69 Å². The highest BCUT2D eigenvalue weighted by atomic mass is 32.2. The van der Waals surface area contributed by atoms with Gasteiger partial charge in [0.1, 0.15) is 0 Å². The number of hydrogen-bond donors (Lipinski definition) is 1. The average molecular weight is 391 g/mol. The summed E-state index contributed by atoms with van der Waals surface area (Å²) >= 11 is 0. The highest BCUT2D eigenvalue weighted by molar-refractivity contribution is 7.91. The third kappa shape index (κ3) is 7.64. The molecule has 0 aromatic carbocycles. The zero-order valence-corrected chi connectivity index (χ0v) is 16.1. The van der Waals surface area contributed by atoms with Gasteiger partial charge in [0, 0.05) is 38.6 Å². The van der Waals surface area contributed by atoms with Gasteiger partial charge in [-0.1, -0.05) is 5.21 Å². The second-order valence-corrected chi connectivity index (χ2v) is 8.57. The molecular formula is C15H29N5O5S. The van der Waals surface area contributed by atoms with Gasteiger partial charge in [0.15, 0.2) is 9.84 Å². The van der Waals surface area contributed by atoms with Crippen LogP contribution in [0.2, 0.25) is 0 Å². The summed E-state index contributed by atoms with van der Waals surface area (Å²) in [5.41, 5.74) is 6.14. The Morgan fingerprint density at radius 1 is 1.12 bits per heavy atom. The van der Waals surface area contributed by atoms with Crippen LogP contribution < -0.4 is 5.73 Å². The molecule has 1 aliphatic rings. The molecule has 2 N–H and O–H groups in total. The van der Waals surface area contributed by atoms with Crippen molar-refractivity contribution in [1.82, 2.24) is 19.9 Å². The second-order valence-electron chi connectivity index (χ2n) is 6.24. The number of rotatable bonds is 14. The molecule has 0 bridgehead atoms.